The lowest BCUT2D eigenvalue weighted by Gasteiger charge is -2.10. The minimum Gasteiger partial charge on any atom is -0.348 e. The Hall–Kier alpha value is -1.13. The van der Waals surface area contributed by atoms with Crippen molar-refractivity contribution in [3.05, 3.63) is 40.6 Å². The maximum atomic E-state index is 4.15. The molecule has 0 fully saturated rings. The average molecular weight is 207 g/mol. The molecular formula is C10H13N3S. The summed E-state index contributed by atoms with van der Waals surface area (Å²) in [5, 5.41) is 5.50. The van der Waals surface area contributed by atoms with Crippen LogP contribution in [0.2, 0.25) is 0 Å². The first-order chi connectivity index (χ1) is 6.86. The Bertz CT molecular complexity index is 353. The van der Waals surface area contributed by atoms with Gasteiger partial charge in [0.05, 0.1) is 6.54 Å². The van der Waals surface area contributed by atoms with E-state index in [0.29, 0.717) is 6.04 Å². The molecule has 2 N–H and O–H groups in total. The Kier molecular flexibility index (Phi) is 2.96. The van der Waals surface area contributed by atoms with Crippen LogP contribution in [0.25, 0.3) is 0 Å². The summed E-state index contributed by atoms with van der Waals surface area (Å²) < 4.78 is 0. The molecule has 2 aromatic rings. The van der Waals surface area contributed by atoms with Crippen molar-refractivity contribution in [2.75, 3.05) is 0 Å². The molecule has 2 heterocycles. The van der Waals surface area contributed by atoms with Crippen molar-refractivity contribution in [1.29, 1.82) is 0 Å². The Morgan fingerprint density at radius 1 is 1.64 bits per heavy atom. The van der Waals surface area contributed by atoms with E-state index in [4.69, 9.17) is 0 Å². The predicted octanol–water partition coefficient (Wildman–Crippen LogP) is 2.32. The van der Waals surface area contributed by atoms with Gasteiger partial charge in [0.15, 0.2) is 0 Å². The van der Waals surface area contributed by atoms with Crippen molar-refractivity contribution in [2.45, 2.75) is 19.5 Å². The molecule has 0 aliphatic rings. The summed E-state index contributed by atoms with van der Waals surface area (Å²) in [6.45, 7) is 2.95. The van der Waals surface area contributed by atoms with E-state index in [9.17, 15) is 0 Å². The molecular weight excluding hydrogens is 194 g/mol. The fourth-order valence-corrected chi connectivity index (χ4v) is 2.04. The van der Waals surface area contributed by atoms with Gasteiger partial charge in [-0.05, 0) is 18.4 Å². The Balaban J connectivity index is 1.87. The fraction of sp³-hybridized carbons (Fsp3) is 0.300. The van der Waals surface area contributed by atoms with Gasteiger partial charge in [0.25, 0.3) is 0 Å². The normalized spacial score (nSPS) is 12.9. The van der Waals surface area contributed by atoms with Crippen LogP contribution in [0.1, 0.15) is 23.7 Å². The van der Waals surface area contributed by atoms with Crippen LogP contribution in [0.5, 0.6) is 0 Å². The van der Waals surface area contributed by atoms with Gasteiger partial charge >= 0.3 is 0 Å². The molecule has 1 atom stereocenters. The number of hydrogen-bond donors (Lipinski definition) is 2. The topological polar surface area (TPSA) is 40.7 Å². The summed E-state index contributed by atoms with van der Waals surface area (Å²) in [4.78, 5) is 8.58. The number of nitrogens with one attached hydrogen (secondary N) is 2. The molecule has 0 saturated heterocycles. The highest BCUT2D eigenvalue weighted by Gasteiger charge is 2.05. The predicted molar refractivity (Wildman–Crippen MR) is 58.2 cm³/mol. The lowest BCUT2D eigenvalue weighted by molar-refractivity contribution is 0.569. The number of thiophene rings is 1. The Morgan fingerprint density at radius 3 is 3.21 bits per heavy atom. The first kappa shape index (κ1) is 9.43. The zero-order valence-corrected chi connectivity index (χ0v) is 8.84. The highest BCUT2D eigenvalue weighted by molar-refractivity contribution is 7.10. The second kappa shape index (κ2) is 4.39. The van der Waals surface area contributed by atoms with Crippen LogP contribution in [-0.2, 0) is 6.54 Å². The third-order valence-electron chi connectivity index (χ3n) is 2.10. The van der Waals surface area contributed by atoms with Crippen molar-refractivity contribution in [2.24, 2.45) is 0 Å². The highest BCUT2D eigenvalue weighted by atomic mass is 32.1. The van der Waals surface area contributed by atoms with Crippen LogP contribution < -0.4 is 5.32 Å². The second-order valence-electron chi connectivity index (χ2n) is 3.15. The Morgan fingerprint density at radius 2 is 2.57 bits per heavy atom. The second-order valence-corrected chi connectivity index (χ2v) is 4.13. The van der Waals surface area contributed by atoms with E-state index < -0.39 is 0 Å². The van der Waals surface area contributed by atoms with Crippen molar-refractivity contribution < 1.29 is 0 Å². The van der Waals surface area contributed by atoms with E-state index in [1.165, 1.54) is 4.88 Å². The molecule has 0 bridgehead atoms. The molecule has 14 heavy (non-hydrogen) atoms. The molecule has 3 nitrogen and oxygen atoms in total. The van der Waals surface area contributed by atoms with E-state index in [-0.39, 0.29) is 0 Å². The average Bonchev–Trinajstić information content (AvgIpc) is 2.87. The van der Waals surface area contributed by atoms with Gasteiger partial charge in [0.1, 0.15) is 5.82 Å². The van der Waals surface area contributed by atoms with Crippen LogP contribution >= 0.6 is 11.3 Å². The van der Waals surface area contributed by atoms with Gasteiger partial charge in [-0.3, -0.25) is 0 Å². The summed E-state index contributed by atoms with van der Waals surface area (Å²) in [6, 6.07) is 4.61. The lowest BCUT2D eigenvalue weighted by atomic mass is 10.3. The quantitative estimate of drug-likeness (QED) is 0.807. The molecule has 0 saturated carbocycles. The first-order valence-corrected chi connectivity index (χ1v) is 5.49. The smallest absolute Gasteiger partial charge is 0.120 e. The molecule has 1 unspecified atom stereocenters. The standard InChI is InChI=1S/C10H13N3S/c1-8(9-3-2-6-14-9)13-7-10-11-4-5-12-10/h2-6,8,13H,7H2,1H3,(H,11,12). The van der Waals surface area contributed by atoms with Gasteiger partial charge in [-0.2, -0.15) is 0 Å². The van der Waals surface area contributed by atoms with Crippen molar-refractivity contribution in [3.63, 3.8) is 0 Å². The van der Waals surface area contributed by atoms with Gasteiger partial charge in [-0.25, -0.2) is 4.98 Å². The van der Waals surface area contributed by atoms with Gasteiger partial charge in [0.2, 0.25) is 0 Å². The maximum Gasteiger partial charge on any atom is 0.120 e. The number of rotatable bonds is 4. The SMILES string of the molecule is CC(NCc1ncc[nH]1)c1cccs1. The molecule has 0 radical (unpaired) electrons. The van der Waals surface area contributed by atoms with E-state index >= 15 is 0 Å². The maximum absolute atomic E-state index is 4.15. The van der Waals surface area contributed by atoms with Crippen LogP contribution in [0.4, 0.5) is 0 Å². The molecule has 74 valence electrons. The largest absolute Gasteiger partial charge is 0.348 e. The highest BCUT2D eigenvalue weighted by Crippen LogP contribution is 2.18. The molecule has 0 amide bonds. The van der Waals surface area contributed by atoms with E-state index in [0.717, 1.165) is 12.4 Å². The monoisotopic (exact) mass is 207 g/mol. The molecule has 0 spiro atoms. The van der Waals surface area contributed by atoms with Crippen LogP contribution in [0, 0.1) is 0 Å². The van der Waals surface area contributed by atoms with E-state index in [2.05, 4.69) is 39.7 Å². The third-order valence-corrected chi connectivity index (χ3v) is 3.16. The first-order valence-electron chi connectivity index (χ1n) is 4.61. The van der Waals surface area contributed by atoms with Crippen molar-refractivity contribution in [1.82, 2.24) is 15.3 Å². The van der Waals surface area contributed by atoms with Crippen molar-refractivity contribution >= 4 is 11.3 Å². The molecule has 0 aromatic carbocycles. The van der Waals surface area contributed by atoms with Gasteiger partial charge in [0, 0.05) is 23.3 Å². The summed E-state index contributed by atoms with van der Waals surface area (Å²) >= 11 is 1.78. The molecule has 0 aliphatic carbocycles. The van der Waals surface area contributed by atoms with Crippen LogP contribution in [-0.4, -0.2) is 9.97 Å². The third kappa shape index (κ3) is 2.21. The summed E-state index contributed by atoms with van der Waals surface area (Å²) in [7, 11) is 0. The number of aromatic amines is 1. The zero-order valence-electron chi connectivity index (χ0n) is 8.03. The Labute approximate surface area is 87.2 Å². The minimum absolute atomic E-state index is 0.389. The summed E-state index contributed by atoms with van der Waals surface area (Å²) in [5.41, 5.74) is 0. The minimum atomic E-state index is 0.389. The van der Waals surface area contributed by atoms with Gasteiger partial charge in [-0.1, -0.05) is 6.07 Å². The number of hydrogen-bond acceptors (Lipinski definition) is 3. The number of imidazole rings is 1. The van der Waals surface area contributed by atoms with Gasteiger partial charge < -0.3 is 10.3 Å². The number of H-pyrrole nitrogens is 1. The summed E-state index contributed by atoms with van der Waals surface area (Å²) in [6.07, 6.45) is 3.61. The molecule has 0 aliphatic heterocycles. The van der Waals surface area contributed by atoms with Crippen LogP contribution in [0.3, 0.4) is 0 Å². The van der Waals surface area contributed by atoms with Crippen molar-refractivity contribution in [3.8, 4) is 0 Å². The van der Waals surface area contributed by atoms with E-state index in [1.807, 2.05) is 6.20 Å². The number of nitrogens with zero attached hydrogens (tertiary/aromatic N) is 1. The van der Waals surface area contributed by atoms with E-state index in [1.54, 1.807) is 17.5 Å². The van der Waals surface area contributed by atoms with Gasteiger partial charge in [-0.15, -0.1) is 11.3 Å². The summed E-state index contributed by atoms with van der Waals surface area (Å²) in [5.74, 6) is 0.980. The van der Waals surface area contributed by atoms with Crippen LogP contribution in [0.15, 0.2) is 29.9 Å². The fourth-order valence-electron chi connectivity index (χ4n) is 1.28. The number of aromatic nitrogens is 2. The molecule has 2 rings (SSSR count). The zero-order chi connectivity index (χ0) is 9.80. The molecule has 2 aromatic heterocycles. The molecule has 4 heteroatoms. The lowest BCUT2D eigenvalue weighted by Crippen LogP contribution is -2.17.